The van der Waals surface area contributed by atoms with Gasteiger partial charge < -0.3 is 22.1 Å². The van der Waals surface area contributed by atoms with Crippen LogP contribution >= 0.6 is 6.62 Å². The minimum Gasteiger partial charge on any atom is -0.524 e. The molecule has 33 heavy (non-hydrogen) atoms. The summed E-state index contributed by atoms with van der Waals surface area (Å²) in [7, 11) is 1.54. The van der Waals surface area contributed by atoms with E-state index in [2.05, 4.69) is 5.10 Å². The first-order chi connectivity index (χ1) is 15.7. The molecular formula is C21H17N4O6PS. The van der Waals surface area contributed by atoms with E-state index in [0.29, 0.717) is 17.0 Å². The van der Waals surface area contributed by atoms with Crippen LogP contribution < -0.4 is 14.8 Å². The predicted molar refractivity (Wildman–Crippen MR) is 129 cm³/mol. The number of anilines is 1. The van der Waals surface area contributed by atoms with E-state index >= 15 is 0 Å². The molecule has 0 aromatic heterocycles. The van der Waals surface area contributed by atoms with E-state index < -0.39 is 27.8 Å². The van der Waals surface area contributed by atoms with Crippen LogP contribution in [-0.4, -0.2) is 33.9 Å². The molecule has 0 saturated carbocycles. The third-order valence-electron chi connectivity index (χ3n) is 5.16. The third-order valence-corrected chi connectivity index (χ3v) is 9.39. The van der Waals surface area contributed by atoms with Crippen LogP contribution in [0.1, 0.15) is 5.56 Å². The van der Waals surface area contributed by atoms with Gasteiger partial charge in [0, 0.05) is 11.6 Å². The van der Waals surface area contributed by atoms with E-state index in [1.165, 1.54) is 30.1 Å². The zero-order chi connectivity index (χ0) is 23.8. The standard InChI is InChI=1S/C21H17N4O6PS/c1-31-15-7-9-16(10-8-15)32(33)13-18(17-4-2-3-5-21(17)26)22-23(32)19-11-6-14(24(27)28)12-20(19)25(29)30/h2-12,26H,13H2,1H3. The molecule has 1 atom stereocenters. The van der Waals surface area contributed by atoms with Gasteiger partial charge in [0.25, 0.3) is 5.69 Å². The molecule has 0 radical (unpaired) electrons. The molecule has 4 rings (SSSR count). The summed E-state index contributed by atoms with van der Waals surface area (Å²) in [5.74, 6) is 0.627. The summed E-state index contributed by atoms with van der Waals surface area (Å²) in [6.45, 7) is -2.81. The largest absolute Gasteiger partial charge is 0.524 e. The van der Waals surface area contributed by atoms with Crippen molar-refractivity contribution in [3.05, 3.63) is 92.5 Å². The zero-order valence-electron chi connectivity index (χ0n) is 17.2. The molecule has 10 nitrogen and oxygen atoms in total. The summed E-state index contributed by atoms with van der Waals surface area (Å²) in [6.07, 6.45) is 0.250. The Bertz CT molecular complexity index is 1290. The molecule has 1 heterocycles. The van der Waals surface area contributed by atoms with E-state index in [0.717, 1.165) is 11.4 Å². The number of nitro groups is 2. The summed E-state index contributed by atoms with van der Waals surface area (Å²) in [5, 5.41) is 38.7. The first-order valence-corrected chi connectivity index (χ1v) is 12.5. The van der Waals surface area contributed by atoms with Crippen LogP contribution in [0.15, 0.2) is 71.8 Å². The number of benzene rings is 3. The van der Waals surface area contributed by atoms with Crippen LogP contribution in [0.25, 0.3) is 0 Å². The lowest BCUT2D eigenvalue weighted by atomic mass is 10.1. The maximum atomic E-state index is 11.8. The molecule has 1 N–H and O–H groups in total. The predicted octanol–water partition coefficient (Wildman–Crippen LogP) is 4.16. The number of nitrogens with zero attached hydrogens (tertiary/aromatic N) is 4. The highest BCUT2D eigenvalue weighted by Gasteiger charge is 2.46. The van der Waals surface area contributed by atoms with Gasteiger partial charge in [-0.2, -0.15) is 0 Å². The lowest BCUT2D eigenvalue weighted by Gasteiger charge is -2.34. The lowest BCUT2D eigenvalue weighted by molar-refractivity contribution is -0.393. The van der Waals surface area contributed by atoms with Crippen molar-refractivity contribution < 1.29 is 19.7 Å². The van der Waals surface area contributed by atoms with E-state index in [-0.39, 0.29) is 17.6 Å². The molecule has 1 aliphatic heterocycles. The Morgan fingerprint density at radius 3 is 2.36 bits per heavy atom. The molecule has 12 heteroatoms. The minimum atomic E-state index is -2.81. The molecule has 0 fully saturated rings. The van der Waals surface area contributed by atoms with Gasteiger partial charge in [0.1, 0.15) is 23.4 Å². The van der Waals surface area contributed by atoms with Crippen molar-refractivity contribution in [2.24, 2.45) is 5.10 Å². The molecule has 1 aliphatic rings. The van der Waals surface area contributed by atoms with E-state index in [4.69, 9.17) is 17.0 Å². The quantitative estimate of drug-likeness (QED) is 0.239. The number of ether oxygens (including phenoxy) is 1. The fraction of sp³-hybridized carbons (Fsp3) is 0.0952. The summed E-state index contributed by atoms with van der Waals surface area (Å²) in [5.41, 5.74) is 0.101. The van der Waals surface area contributed by atoms with Crippen LogP contribution in [0, 0.1) is 20.2 Å². The van der Waals surface area contributed by atoms with Gasteiger partial charge in [-0.3, -0.25) is 20.2 Å². The van der Waals surface area contributed by atoms with Crippen LogP contribution in [0.3, 0.4) is 0 Å². The van der Waals surface area contributed by atoms with Crippen LogP contribution in [-0.2, 0) is 12.2 Å². The molecule has 0 aliphatic carbocycles. The molecule has 0 saturated heterocycles. The zero-order valence-corrected chi connectivity index (χ0v) is 18.9. The van der Waals surface area contributed by atoms with Crippen molar-refractivity contribution in [1.82, 2.24) is 0 Å². The second-order valence-corrected chi connectivity index (χ2v) is 11.5. The number of rotatable bonds is 6. The van der Waals surface area contributed by atoms with Crippen molar-refractivity contribution in [3.63, 3.8) is 0 Å². The number of hydrogen-bond acceptors (Lipinski definition) is 9. The Kier molecular flexibility index (Phi) is 5.92. The van der Waals surface area contributed by atoms with Gasteiger partial charge >= 0.3 is 5.69 Å². The number of methoxy groups -OCH3 is 1. The summed E-state index contributed by atoms with van der Waals surface area (Å²) in [4.78, 5) is 21.6. The van der Waals surface area contributed by atoms with Gasteiger partial charge in [0.15, 0.2) is 5.69 Å². The Morgan fingerprint density at radius 1 is 1.06 bits per heavy atom. The highest BCUT2D eigenvalue weighted by molar-refractivity contribution is 8.46. The maximum Gasteiger partial charge on any atom is 0.305 e. The number of phenols is 1. The normalized spacial score (nSPS) is 17.5. The minimum absolute atomic E-state index is 0.00702. The average molecular weight is 484 g/mol. The van der Waals surface area contributed by atoms with Crippen molar-refractivity contribution in [2.45, 2.75) is 0 Å². The fourth-order valence-corrected chi connectivity index (χ4v) is 7.19. The van der Waals surface area contributed by atoms with Crippen molar-refractivity contribution in [1.29, 1.82) is 0 Å². The van der Waals surface area contributed by atoms with E-state index in [9.17, 15) is 25.3 Å². The van der Waals surface area contributed by atoms with Crippen LogP contribution in [0.4, 0.5) is 17.1 Å². The second kappa shape index (κ2) is 8.68. The third kappa shape index (κ3) is 4.08. The molecule has 0 amide bonds. The van der Waals surface area contributed by atoms with Crippen LogP contribution in [0.2, 0.25) is 0 Å². The Morgan fingerprint density at radius 2 is 1.76 bits per heavy atom. The Hall–Kier alpha value is -3.69. The Labute approximate surface area is 194 Å². The lowest BCUT2D eigenvalue weighted by Crippen LogP contribution is -2.24. The highest BCUT2D eigenvalue weighted by Crippen LogP contribution is 2.65. The maximum absolute atomic E-state index is 11.8. The Balaban J connectivity index is 1.91. The molecule has 3 aromatic rings. The number of aromatic hydroxyl groups is 1. The van der Waals surface area contributed by atoms with Crippen molar-refractivity contribution >= 4 is 46.9 Å². The number of non-ortho nitro benzene ring substituents is 1. The molecule has 3 aromatic carbocycles. The van der Waals surface area contributed by atoms with Gasteiger partial charge in [0.05, 0.1) is 34.9 Å². The first-order valence-electron chi connectivity index (χ1n) is 9.57. The van der Waals surface area contributed by atoms with E-state index in [1.807, 2.05) is 0 Å². The second-order valence-electron chi connectivity index (χ2n) is 7.10. The van der Waals surface area contributed by atoms with Crippen molar-refractivity contribution in [3.8, 4) is 11.5 Å². The molecule has 0 spiro atoms. The highest BCUT2D eigenvalue weighted by atomic mass is 32.7. The monoisotopic (exact) mass is 484 g/mol. The summed E-state index contributed by atoms with van der Waals surface area (Å²) in [6, 6.07) is 17.0. The topological polar surface area (TPSA) is 131 Å². The van der Waals surface area contributed by atoms with Gasteiger partial charge in [0.2, 0.25) is 0 Å². The van der Waals surface area contributed by atoms with Crippen LogP contribution in [0.5, 0.6) is 11.5 Å². The molecule has 1 unspecified atom stereocenters. The fourth-order valence-electron chi connectivity index (χ4n) is 3.53. The molecule has 168 valence electrons. The smallest absolute Gasteiger partial charge is 0.305 e. The molecular weight excluding hydrogens is 467 g/mol. The first kappa shape index (κ1) is 22.5. The SMILES string of the molecule is COc1ccc([P+]2([S-])CC(c3ccccc3O)=NN2c2ccc([N+](=O)[O-])cc2[N+](=O)[O-])cc1. The number of hydrazone groups is 1. The molecule has 0 bridgehead atoms. The van der Waals surface area contributed by atoms with Gasteiger partial charge in [-0.05, 0) is 42.5 Å². The number of phenolic OH excluding ortho intramolecular Hbond substituents is 1. The van der Waals surface area contributed by atoms with E-state index in [1.54, 1.807) is 42.5 Å². The van der Waals surface area contributed by atoms with Crippen molar-refractivity contribution in [2.75, 3.05) is 18.1 Å². The van der Waals surface area contributed by atoms with Gasteiger partial charge in [-0.1, -0.05) is 12.1 Å². The van der Waals surface area contributed by atoms with Gasteiger partial charge in [-0.15, -0.1) is 9.88 Å². The summed E-state index contributed by atoms with van der Waals surface area (Å²) >= 11 is 6.11. The van der Waals surface area contributed by atoms with Gasteiger partial charge in [-0.25, -0.2) is 0 Å². The number of nitro benzene ring substituents is 2. The summed E-state index contributed by atoms with van der Waals surface area (Å²) < 4.78 is 6.64. The average Bonchev–Trinajstić information content (AvgIpc) is 3.17. The number of hydrogen-bond donors (Lipinski definition) is 1. The number of para-hydroxylation sites is 1.